The Morgan fingerprint density at radius 3 is 2.61 bits per heavy atom. The molecule has 2 rings (SSSR count). The molecule has 3 heteroatoms. The molecule has 0 aliphatic heterocycles. The van der Waals surface area contributed by atoms with Gasteiger partial charge >= 0.3 is 0 Å². The van der Waals surface area contributed by atoms with E-state index in [2.05, 4.69) is 11.9 Å². The van der Waals surface area contributed by atoms with Gasteiger partial charge in [0, 0.05) is 11.1 Å². The van der Waals surface area contributed by atoms with Crippen molar-refractivity contribution in [1.82, 2.24) is 4.98 Å². The zero-order valence-electron chi connectivity index (χ0n) is 10.8. The van der Waals surface area contributed by atoms with E-state index >= 15 is 0 Å². The summed E-state index contributed by atoms with van der Waals surface area (Å²) in [4.78, 5) is 4.44. The lowest BCUT2D eigenvalue weighted by Gasteiger charge is -2.12. The smallest absolute Gasteiger partial charge is 0.126 e. The predicted octanol–water partition coefficient (Wildman–Crippen LogP) is 3.29. The number of benzene rings is 1. The van der Waals surface area contributed by atoms with E-state index in [-0.39, 0.29) is 0 Å². The van der Waals surface area contributed by atoms with Crippen LogP contribution in [-0.2, 0) is 6.42 Å². The highest BCUT2D eigenvalue weighted by Crippen LogP contribution is 2.32. The second-order valence-electron chi connectivity index (χ2n) is 4.18. The summed E-state index contributed by atoms with van der Waals surface area (Å²) in [5.41, 5.74) is 8.96. The summed E-state index contributed by atoms with van der Waals surface area (Å²) in [6, 6.07) is 11.8. The average molecular weight is 242 g/mol. The molecule has 2 aromatic rings. The zero-order valence-corrected chi connectivity index (χ0v) is 10.8. The topological polar surface area (TPSA) is 48.1 Å². The molecule has 0 saturated heterocycles. The lowest BCUT2D eigenvalue weighted by Crippen LogP contribution is -1.99. The molecule has 0 aliphatic rings. The molecule has 0 atom stereocenters. The summed E-state index contributed by atoms with van der Waals surface area (Å²) < 4.78 is 5.40. The third-order valence-corrected chi connectivity index (χ3v) is 2.88. The zero-order chi connectivity index (χ0) is 13.0. The van der Waals surface area contributed by atoms with Gasteiger partial charge in [0.2, 0.25) is 0 Å². The molecule has 0 aliphatic carbocycles. The van der Waals surface area contributed by atoms with Crippen molar-refractivity contribution < 1.29 is 4.74 Å². The monoisotopic (exact) mass is 242 g/mol. The Labute approximate surface area is 108 Å². The van der Waals surface area contributed by atoms with Crippen LogP contribution in [0.2, 0.25) is 0 Å². The lowest BCUT2D eigenvalue weighted by atomic mass is 10.0. The first kappa shape index (κ1) is 12.4. The molecule has 0 unspecified atom stereocenters. The van der Waals surface area contributed by atoms with Gasteiger partial charge in [-0.2, -0.15) is 0 Å². The number of pyridine rings is 1. The maximum Gasteiger partial charge on any atom is 0.126 e. The first-order valence-electron chi connectivity index (χ1n) is 6.15. The SMILES string of the molecule is CCCc1nc(N)ccc1-c1ccccc1OC. The normalized spacial score (nSPS) is 10.3. The molecule has 0 saturated carbocycles. The fraction of sp³-hybridized carbons (Fsp3) is 0.267. The minimum absolute atomic E-state index is 0.567. The van der Waals surface area contributed by atoms with Gasteiger partial charge in [-0.1, -0.05) is 31.5 Å². The Morgan fingerprint density at radius 2 is 1.89 bits per heavy atom. The number of nitrogen functional groups attached to an aromatic ring is 1. The van der Waals surface area contributed by atoms with Crippen LogP contribution in [0.5, 0.6) is 5.75 Å². The summed E-state index contributed by atoms with van der Waals surface area (Å²) in [6.45, 7) is 2.14. The van der Waals surface area contributed by atoms with Crippen molar-refractivity contribution in [3.63, 3.8) is 0 Å². The molecule has 0 bridgehead atoms. The summed E-state index contributed by atoms with van der Waals surface area (Å²) in [7, 11) is 1.68. The van der Waals surface area contributed by atoms with Crippen molar-refractivity contribution >= 4 is 5.82 Å². The molecule has 0 amide bonds. The Morgan fingerprint density at radius 1 is 1.11 bits per heavy atom. The number of aromatic nitrogens is 1. The molecule has 0 spiro atoms. The van der Waals surface area contributed by atoms with E-state index in [1.165, 1.54) is 0 Å². The number of nitrogens with two attached hydrogens (primary N) is 1. The first-order valence-corrected chi connectivity index (χ1v) is 6.15. The van der Waals surface area contributed by atoms with E-state index in [0.29, 0.717) is 5.82 Å². The van der Waals surface area contributed by atoms with Gasteiger partial charge in [-0.05, 0) is 24.6 Å². The second kappa shape index (κ2) is 5.54. The van der Waals surface area contributed by atoms with Crippen molar-refractivity contribution in [2.24, 2.45) is 0 Å². The Bertz CT molecular complexity index is 538. The number of ether oxygens (including phenoxy) is 1. The molecule has 3 nitrogen and oxygen atoms in total. The van der Waals surface area contributed by atoms with E-state index in [9.17, 15) is 0 Å². The molecule has 0 radical (unpaired) electrons. The van der Waals surface area contributed by atoms with Crippen LogP contribution < -0.4 is 10.5 Å². The van der Waals surface area contributed by atoms with Crippen molar-refractivity contribution in [1.29, 1.82) is 0 Å². The van der Waals surface area contributed by atoms with E-state index in [1.54, 1.807) is 7.11 Å². The molecule has 1 aromatic carbocycles. The maximum absolute atomic E-state index is 5.76. The molecule has 2 N–H and O–H groups in total. The van der Waals surface area contributed by atoms with E-state index in [0.717, 1.165) is 35.4 Å². The standard InChI is InChI=1S/C15H18N2O/c1-3-6-13-11(9-10-15(16)17-13)12-7-4-5-8-14(12)18-2/h4-5,7-10H,3,6H2,1-2H3,(H2,16,17). The van der Waals surface area contributed by atoms with Crippen molar-refractivity contribution in [2.75, 3.05) is 12.8 Å². The van der Waals surface area contributed by atoms with Crippen LogP contribution in [0.3, 0.4) is 0 Å². The summed E-state index contributed by atoms with van der Waals surface area (Å²) in [5, 5.41) is 0. The van der Waals surface area contributed by atoms with Gasteiger partial charge in [-0.3, -0.25) is 0 Å². The number of methoxy groups -OCH3 is 1. The Hall–Kier alpha value is -2.03. The quantitative estimate of drug-likeness (QED) is 0.895. The summed E-state index contributed by atoms with van der Waals surface area (Å²) >= 11 is 0. The number of anilines is 1. The average Bonchev–Trinajstić information content (AvgIpc) is 2.39. The molecule has 0 fully saturated rings. The first-order chi connectivity index (χ1) is 8.76. The Balaban J connectivity index is 2.55. The molecular weight excluding hydrogens is 224 g/mol. The third-order valence-electron chi connectivity index (χ3n) is 2.88. The van der Waals surface area contributed by atoms with Crippen molar-refractivity contribution in [2.45, 2.75) is 19.8 Å². The fourth-order valence-corrected chi connectivity index (χ4v) is 2.06. The van der Waals surface area contributed by atoms with Crippen LogP contribution in [0.25, 0.3) is 11.1 Å². The molecule has 1 aromatic heterocycles. The van der Waals surface area contributed by atoms with E-state index in [4.69, 9.17) is 10.5 Å². The third kappa shape index (κ3) is 2.45. The van der Waals surface area contributed by atoms with Gasteiger partial charge in [0.05, 0.1) is 12.8 Å². The number of hydrogen-bond donors (Lipinski definition) is 1. The van der Waals surface area contributed by atoms with Gasteiger partial charge in [-0.15, -0.1) is 0 Å². The van der Waals surface area contributed by atoms with Crippen LogP contribution in [0.4, 0.5) is 5.82 Å². The summed E-state index contributed by atoms with van der Waals surface area (Å²) in [5.74, 6) is 1.43. The van der Waals surface area contributed by atoms with Crippen LogP contribution in [0.1, 0.15) is 19.0 Å². The number of rotatable bonds is 4. The van der Waals surface area contributed by atoms with Crippen molar-refractivity contribution in [3.05, 3.63) is 42.1 Å². The fourth-order valence-electron chi connectivity index (χ4n) is 2.06. The molecule has 18 heavy (non-hydrogen) atoms. The lowest BCUT2D eigenvalue weighted by molar-refractivity contribution is 0.416. The minimum Gasteiger partial charge on any atom is -0.496 e. The number of hydrogen-bond acceptors (Lipinski definition) is 3. The van der Waals surface area contributed by atoms with Crippen molar-refractivity contribution in [3.8, 4) is 16.9 Å². The van der Waals surface area contributed by atoms with Gasteiger partial charge in [-0.25, -0.2) is 4.98 Å². The second-order valence-corrected chi connectivity index (χ2v) is 4.18. The van der Waals surface area contributed by atoms with E-state index < -0.39 is 0 Å². The maximum atomic E-state index is 5.76. The highest BCUT2D eigenvalue weighted by atomic mass is 16.5. The molecule has 1 heterocycles. The summed E-state index contributed by atoms with van der Waals surface area (Å²) in [6.07, 6.45) is 1.96. The predicted molar refractivity (Wildman–Crippen MR) is 74.6 cm³/mol. The number of aryl methyl sites for hydroxylation is 1. The highest BCUT2D eigenvalue weighted by Gasteiger charge is 2.10. The van der Waals surface area contributed by atoms with Gasteiger partial charge in [0.15, 0.2) is 0 Å². The Kier molecular flexibility index (Phi) is 3.82. The van der Waals surface area contributed by atoms with E-state index in [1.807, 2.05) is 36.4 Å². The molecular formula is C15H18N2O. The van der Waals surface area contributed by atoms with Crippen LogP contribution in [-0.4, -0.2) is 12.1 Å². The van der Waals surface area contributed by atoms with Crippen LogP contribution in [0, 0.1) is 0 Å². The van der Waals surface area contributed by atoms with Crippen LogP contribution in [0.15, 0.2) is 36.4 Å². The molecule has 94 valence electrons. The minimum atomic E-state index is 0.567. The number of nitrogens with zero attached hydrogens (tertiary/aromatic N) is 1. The largest absolute Gasteiger partial charge is 0.496 e. The van der Waals surface area contributed by atoms with Crippen LogP contribution >= 0.6 is 0 Å². The number of para-hydroxylation sites is 1. The van der Waals surface area contributed by atoms with Gasteiger partial charge in [0.1, 0.15) is 11.6 Å². The van der Waals surface area contributed by atoms with Gasteiger partial charge < -0.3 is 10.5 Å². The highest BCUT2D eigenvalue weighted by molar-refractivity contribution is 5.73. The van der Waals surface area contributed by atoms with Gasteiger partial charge in [0.25, 0.3) is 0 Å².